The zero-order valence-corrected chi connectivity index (χ0v) is 73.4. The Morgan fingerprint density at radius 3 is 1.01 bits per heavy atom. The SMILES string of the molecule is CCCCOCC1O[C@H](O[C@H]2C(COCCCC)O[C@H](OCCN(Cc3ccccc3)C(=O)OCc3ccccc3)C(OCCCC)[C@H]2OCCCC)C(OCCCC)C(OCCCC)[C@@H]1O[C@@H]1OC(COCCCC)[C@@H](O[C@@H]2OC(CO)[C@@H](O)C(OC(=O)c3ccccc3)[C@@H]2OC(=O)c2ccccc2)C(OC(=O)c2ccccc2)[C@@H]1OC(=O)c1ccccc1. The zero-order valence-electron chi connectivity index (χ0n) is 73.4. The van der Waals surface area contributed by atoms with Gasteiger partial charge in [-0.15, -0.1) is 0 Å². The topological polar surface area (TPSA) is 314 Å². The maximum atomic E-state index is 15.4. The molecule has 0 saturated carbocycles. The van der Waals surface area contributed by atoms with Gasteiger partial charge in [0, 0.05) is 59.3 Å². The molecule has 28 heteroatoms. The molecular formula is C97H131NO27. The first-order chi connectivity index (χ1) is 61.2. The van der Waals surface area contributed by atoms with E-state index >= 15 is 9.59 Å². The van der Waals surface area contributed by atoms with Gasteiger partial charge in [-0.1, -0.05) is 227 Å². The Labute approximate surface area is 735 Å². The number of ether oxygens (including phenoxy) is 20. The fourth-order valence-electron chi connectivity index (χ4n) is 14.7. The Bertz CT molecular complexity index is 3980. The number of rotatable bonds is 54. The average Bonchev–Trinajstić information content (AvgIpc) is 0.757. The van der Waals surface area contributed by atoms with Gasteiger partial charge in [-0.25, -0.2) is 24.0 Å². The number of amides is 1. The van der Waals surface area contributed by atoms with E-state index in [1.807, 2.05) is 88.4 Å². The Kier molecular flexibility index (Phi) is 43.4. The molecule has 0 radical (unpaired) electrons. The molecule has 20 atom stereocenters. The summed E-state index contributed by atoms with van der Waals surface area (Å²) >= 11 is 0. The minimum atomic E-state index is -1.95. The molecule has 10 rings (SSSR count). The zero-order chi connectivity index (χ0) is 88.3. The van der Waals surface area contributed by atoms with E-state index in [1.54, 1.807) is 89.8 Å². The second-order valence-electron chi connectivity index (χ2n) is 31.5. The molecule has 0 aliphatic carbocycles. The van der Waals surface area contributed by atoms with Crippen LogP contribution in [-0.4, -0.2) is 254 Å². The molecular weight excluding hydrogens is 1610 g/mol. The molecule has 9 unspecified atom stereocenters. The molecule has 0 aromatic heterocycles. The monoisotopic (exact) mass is 1740 g/mol. The van der Waals surface area contributed by atoms with E-state index in [4.69, 9.17) is 94.7 Å². The Balaban J connectivity index is 1.08. The normalized spacial score (nSPS) is 26.2. The van der Waals surface area contributed by atoms with Crippen LogP contribution in [0.1, 0.15) is 191 Å². The molecule has 686 valence electrons. The van der Waals surface area contributed by atoms with Crippen LogP contribution in [0, 0.1) is 0 Å². The van der Waals surface area contributed by atoms with Crippen molar-refractivity contribution in [2.24, 2.45) is 0 Å². The highest BCUT2D eigenvalue weighted by molar-refractivity contribution is 5.91. The van der Waals surface area contributed by atoms with Gasteiger partial charge in [-0.3, -0.25) is 0 Å². The molecule has 4 aliphatic heterocycles. The van der Waals surface area contributed by atoms with Crippen LogP contribution >= 0.6 is 0 Å². The number of aliphatic hydroxyl groups excluding tert-OH is 2. The molecule has 6 aromatic carbocycles. The third-order valence-electron chi connectivity index (χ3n) is 21.8. The van der Waals surface area contributed by atoms with Crippen molar-refractivity contribution in [3.05, 3.63) is 215 Å². The number of benzene rings is 6. The van der Waals surface area contributed by atoms with E-state index in [0.29, 0.717) is 64.4 Å². The number of aliphatic hydroxyl groups is 2. The molecule has 4 fully saturated rings. The summed E-state index contributed by atoms with van der Waals surface area (Å²) < 4.78 is 138. The van der Waals surface area contributed by atoms with Gasteiger partial charge in [-0.2, -0.15) is 0 Å². The lowest BCUT2D eigenvalue weighted by Crippen LogP contribution is -2.69. The number of hydrogen-bond acceptors (Lipinski definition) is 27. The Hall–Kier alpha value is -8.21. The van der Waals surface area contributed by atoms with Crippen LogP contribution in [0.3, 0.4) is 0 Å². The van der Waals surface area contributed by atoms with Gasteiger partial charge < -0.3 is 110 Å². The van der Waals surface area contributed by atoms with E-state index in [2.05, 4.69) is 20.8 Å². The minimum absolute atomic E-state index is 0.00360. The van der Waals surface area contributed by atoms with E-state index in [9.17, 15) is 24.6 Å². The van der Waals surface area contributed by atoms with Crippen molar-refractivity contribution in [1.29, 1.82) is 0 Å². The minimum Gasteiger partial charge on any atom is -0.452 e. The van der Waals surface area contributed by atoms with Crippen LogP contribution in [0.2, 0.25) is 0 Å². The van der Waals surface area contributed by atoms with Crippen LogP contribution in [0.4, 0.5) is 4.79 Å². The van der Waals surface area contributed by atoms with E-state index in [0.717, 1.165) is 43.2 Å². The summed E-state index contributed by atoms with van der Waals surface area (Å²) in [6.07, 6.45) is -20.0. The molecule has 1 amide bonds. The maximum Gasteiger partial charge on any atom is 0.410 e. The quantitative estimate of drug-likeness (QED) is 0.0203. The first-order valence-corrected chi connectivity index (χ1v) is 44.9. The van der Waals surface area contributed by atoms with Gasteiger partial charge in [0.05, 0.1) is 55.3 Å². The molecule has 4 saturated heterocycles. The third-order valence-corrected chi connectivity index (χ3v) is 21.8. The first-order valence-electron chi connectivity index (χ1n) is 44.9. The van der Waals surface area contributed by atoms with Gasteiger partial charge in [0.2, 0.25) is 0 Å². The first kappa shape index (κ1) is 99.0. The van der Waals surface area contributed by atoms with Crippen molar-refractivity contribution in [3.63, 3.8) is 0 Å². The number of esters is 4. The van der Waals surface area contributed by atoms with Crippen LogP contribution in [-0.2, 0) is 108 Å². The summed E-state index contributed by atoms with van der Waals surface area (Å²) in [6.45, 7) is 15.0. The third kappa shape index (κ3) is 30.2. The lowest BCUT2D eigenvalue weighted by atomic mass is 9.94. The lowest BCUT2D eigenvalue weighted by molar-refractivity contribution is -0.394. The summed E-state index contributed by atoms with van der Waals surface area (Å²) in [7, 11) is 0. The summed E-state index contributed by atoms with van der Waals surface area (Å²) in [4.78, 5) is 75.5. The second-order valence-corrected chi connectivity index (χ2v) is 31.5. The van der Waals surface area contributed by atoms with Crippen molar-refractivity contribution in [3.8, 4) is 0 Å². The average molecular weight is 1740 g/mol. The summed E-state index contributed by atoms with van der Waals surface area (Å²) in [5.41, 5.74) is 1.97. The summed E-state index contributed by atoms with van der Waals surface area (Å²) in [6, 6.07) is 51.2. The summed E-state index contributed by atoms with van der Waals surface area (Å²) in [5.74, 6) is -3.76. The summed E-state index contributed by atoms with van der Waals surface area (Å²) in [5, 5.41) is 23.4. The van der Waals surface area contributed by atoms with E-state index in [-0.39, 0.29) is 108 Å². The maximum absolute atomic E-state index is 15.4. The van der Waals surface area contributed by atoms with Gasteiger partial charge >= 0.3 is 30.0 Å². The molecule has 4 aliphatic rings. The molecule has 0 bridgehead atoms. The van der Waals surface area contributed by atoms with Crippen molar-refractivity contribution >= 4 is 30.0 Å². The standard InChI is InChI=1S/C97H131NO27/c1-8-15-53-106-64-74-78(82(109-56-18-11-4)85(111-58-20-13-6)93(116-74)113-60-52-98(61-67-40-28-22-29-41-67)97(105)114-63-68-42-30-23-31-43-68)123-94-86(112-59-21-14-7)83(110-57-19-12-5)79(75(117-94)65-107-54-16-9-2)124-96-88(122-92(104)72-50-38-27-39-51-72)84(120-90(102)70-46-34-25-35-47-70)80(76(118-96)66-108-55-17-10-3)125-95-87(121-91(103)71-48-36-26-37-49-71)81(77(100)73(62-99)115-95)119-89(101)69-44-32-24-33-45-69/h22-51,73-88,93-96,99-100H,8-21,52-66H2,1-7H3/t73?,74?,75?,76?,77-,78+,79-,80-,81?,82+,83?,84?,85?,86?,87+,88+,93+,94-,95+,96+/m1/s1. The van der Waals surface area contributed by atoms with Crippen LogP contribution < -0.4 is 0 Å². The highest BCUT2D eigenvalue weighted by Gasteiger charge is 2.61. The Morgan fingerprint density at radius 2 is 0.624 bits per heavy atom. The van der Waals surface area contributed by atoms with Gasteiger partial charge in [-0.05, 0) is 105 Å². The van der Waals surface area contributed by atoms with Crippen LogP contribution in [0.5, 0.6) is 0 Å². The van der Waals surface area contributed by atoms with Crippen molar-refractivity contribution in [2.45, 2.75) is 274 Å². The van der Waals surface area contributed by atoms with Gasteiger partial charge in [0.25, 0.3) is 0 Å². The van der Waals surface area contributed by atoms with Crippen molar-refractivity contribution < 1.29 is 129 Å². The largest absolute Gasteiger partial charge is 0.452 e. The predicted molar refractivity (Wildman–Crippen MR) is 460 cm³/mol. The molecule has 0 spiro atoms. The van der Waals surface area contributed by atoms with Crippen molar-refractivity contribution in [2.75, 3.05) is 85.8 Å². The van der Waals surface area contributed by atoms with Crippen LogP contribution in [0.25, 0.3) is 0 Å². The fourth-order valence-corrected chi connectivity index (χ4v) is 14.7. The van der Waals surface area contributed by atoms with E-state index in [1.165, 1.54) is 36.4 Å². The molecule has 2 N–H and O–H groups in total. The number of carbonyl (C=O) groups is 5. The molecule has 6 aromatic rings. The highest BCUT2D eigenvalue weighted by Crippen LogP contribution is 2.41. The predicted octanol–water partition coefficient (Wildman–Crippen LogP) is 14.3. The molecule has 4 heterocycles. The lowest BCUT2D eigenvalue weighted by Gasteiger charge is -2.52. The number of carbonyl (C=O) groups excluding carboxylic acids is 5. The fraction of sp³-hybridized carbons (Fsp3) is 0.577. The van der Waals surface area contributed by atoms with E-state index < -0.39 is 159 Å². The number of unbranched alkanes of at least 4 members (excludes halogenated alkanes) is 7. The number of nitrogens with zero attached hydrogens (tertiary/aromatic N) is 1. The smallest absolute Gasteiger partial charge is 0.410 e. The van der Waals surface area contributed by atoms with Gasteiger partial charge in [0.15, 0.2) is 49.6 Å². The second kappa shape index (κ2) is 54.8. The highest BCUT2D eigenvalue weighted by atomic mass is 16.8. The van der Waals surface area contributed by atoms with Crippen molar-refractivity contribution in [1.82, 2.24) is 4.90 Å². The van der Waals surface area contributed by atoms with Gasteiger partial charge in [0.1, 0.15) is 79.9 Å². The number of hydrogen-bond donors (Lipinski definition) is 2. The van der Waals surface area contributed by atoms with Crippen LogP contribution in [0.15, 0.2) is 182 Å². The Morgan fingerprint density at radius 1 is 0.320 bits per heavy atom. The molecule has 125 heavy (non-hydrogen) atoms. The molecule has 28 nitrogen and oxygen atoms in total.